The molecular formula is C12H28N2O. The molecule has 0 aromatic rings. The van der Waals surface area contributed by atoms with Crippen LogP contribution in [0.4, 0.5) is 0 Å². The minimum atomic E-state index is 0.118. The molecular weight excluding hydrogens is 188 g/mol. The molecule has 0 aromatic heterocycles. The van der Waals surface area contributed by atoms with Gasteiger partial charge in [-0.1, -0.05) is 33.1 Å². The SMILES string of the molecule is CC.CC(=O)NC1CCCCC1.CNC. The van der Waals surface area contributed by atoms with E-state index in [1.807, 2.05) is 27.9 Å². The van der Waals surface area contributed by atoms with Gasteiger partial charge < -0.3 is 10.6 Å². The Balaban J connectivity index is 0. The fourth-order valence-electron chi connectivity index (χ4n) is 1.53. The van der Waals surface area contributed by atoms with Gasteiger partial charge in [0.15, 0.2) is 0 Å². The first-order valence-electron chi connectivity index (χ1n) is 6.06. The van der Waals surface area contributed by atoms with Gasteiger partial charge in [-0.05, 0) is 26.9 Å². The number of hydrogen-bond acceptors (Lipinski definition) is 2. The number of carbonyl (C=O) groups is 1. The van der Waals surface area contributed by atoms with Gasteiger partial charge >= 0.3 is 0 Å². The van der Waals surface area contributed by atoms with Crippen LogP contribution in [0.25, 0.3) is 0 Å². The van der Waals surface area contributed by atoms with Gasteiger partial charge in [0.2, 0.25) is 5.91 Å². The van der Waals surface area contributed by atoms with Gasteiger partial charge in [-0.2, -0.15) is 0 Å². The molecule has 0 aliphatic heterocycles. The van der Waals surface area contributed by atoms with Gasteiger partial charge in [-0.25, -0.2) is 0 Å². The Morgan fingerprint density at radius 2 is 1.47 bits per heavy atom. The summed E-state index contributed by atoms with van der Waals surface area (Å²) in [6.07, 6.45) is 6.27. The molecule has 0 heterocycles. The average Bonchev–Trinajstić information content (AvgIpc) is 2.22. The molecule has 1 fully saturated rings. The molecule has 0 spiro atoms. The molecule has 1 saturated carbocycles. The highest BCUT2D eigenvalue weighted by atomic mass is 16.1. The Hall–Kier alpha value is -0.570. The van der Waals surface area contributed by atoms with Crippen LogP contribution < -0.4 is 10.6 Å². The van der Waals surface area contributed by atoms with Crippen LogP contribution in [0, 0.1) is 0 Å². The normalized spacial score (nSPS) is 15.3. The zero-order valence-electron chi connectivity index (χ0n) is 11.0. The first kappa shape index (κ1) is 16.8. The second kappa shape index (κ2) is 13.4. The molecule has 1 aliphatic rings. The number of carbonyl (C=O) groups excluding carboxylic acids is 1. The van der Waals surface area contributed by atoms with Crippen molar-refractivity contribution in [2.45, 2.75) is 58.9 Å². The van der Waals surface area contributed by atoms with Gasteiger partial charge in [0.25, 0.3) is 0 Å². The summed E-state index contributed by atoms with van der Waals surface area (Å²) < 4.78 is 0. The van der Waals surface area contributed by atoms with Gasteiger partial charge in [-0.15, -0.1) is 0 Å². The summed E-state index contributed by atoms with van der Waals surface area (Å²) in [5.74, 6) is 0.118. The molecule has 1 aliphatic carbocycles. The highest BCUT2D eigenvalue weighted by Crippen LogP contribution is 2.16. The van der Waals surface area contributed by atoms with Crippen LogP contribution in [0.3, 0.4) is 0 Å². The molecule has 3 nitrogen and oxygen atoms in total. The topological polar surface area (TPSA) is 41.1 Å². The van der Waals surface area contributed by atoms with Crippen LogP contribution in [0.2, 0.25) is 0 Å². The van der Waals surface area contributed by atoms with Gasteiger partial charge in [0.1, 0.15) is 0 Å². The molecule has 0 saturated heterocycles. The van der Waals surface area contributed by atoms with E-state index in [2.05, 4.69) is 10.6 Å². The van der Waals surface area contributed by atoms with E-state index in [1.165, 1.54) is 32.1 Å². The van der Waals surface area contributed by atoms with Gasteiger partial charge in [0.05, 0.1) is 0 Å². The van der Waals surface area contributed by atoms with Crippen LogP contribution in [-0.2, 0) is 4.79 Å². The van der Waals surface area contributed by atoms with E-state index in [9.17, 15) is 4.79 Å². The van der Waals surface area contributed by atoms with Crippen molar-refractivity contribution < 1.29 is 4.79 Å². The summed E-state index contributed by atoms with van der Waals surface area (Å²) >= 11 is 0. The maximum Gasteiger partial charge on any atom is 0.217 e. The Labute approximate surface area is 95.0 Å². The first-order chi connectivity index (χ1) is 7.20. The minimum Gasteiger partial charge on any atom is -0.354 e. The minimum absolute atomic E-state index is 0.118. The second-order valence-electron chi connectivity index (χ2n) is 3.54. The molecule has 3 heteroatoms. The number of hydrogen-bond donors (Lipinski definition) is 2. The zero-order valence-corrected chi connectivity index (χ0v) is 11.0. The third kappa shape index (κ3) is 13.4. The Morgan fingerprint density at radius 1 is 1.07 bits per heavy atom. The molecule has 0 atom stereocenters. The lowest BCUT2D eigenvalue weighted by molar-refractivity contribution is -0.119. The van der Waals surface area contributed by atoms with Crippen molar-refractivity contribution in [1.82, 2.24) is 10.6 Å². The molecule has 0 radical (unpaired) electrons. The van der Waals surface area contributed by atoms with Crippen LogP contribution in [0.15, 0.2) is 0 Å². The Morgan fingerprint density at radius 3 is 1.80 bits per heavy atom. The Bertz CT molecular complexity index is 132. The molecule has 0 bridgehead atoms. The predicted octanol–water partition coefficient (Wildman–Crippen LogP) is 2.32. The van der Waals surface area contributed by atoms with E-state index < -0.39 is 0 Å². The summed E-state index contributed by atoms with van der Waals surface area (Å²) in [5, 5.41) is 5.69. The van der Waals surface area contributed by atoms with Gasteiger partial charge in [0, 0.05) is 13.0 Å². The van der Waals surface area contributed by atoms with E-state index in [-0.39, 0.29) is 5.91 Å². The van der Waals surface area contributed by atoms with E-state index in [0.717, 1.165) is 0 Å². The first-order valence-corrected chi connectivity index (χ1v) is 6.06. The molecule has 0 aromatic carbocycles. The van der Waals surface area contributed by atoms with Crippen molar-refractivity contribution in [1.29, 1.82) is 0 Å². The molecule has 15 heavy (non-hydrogen) atoms. The van der Waals surface area contributed by atoms with E-state index >= 15 is 0 Å². The fourth-order valence-corrected chi connectivity index (χ4v) is 1.53. The van der Waals surface area contributed by atoms with E-state index in [4.69, 9.17) is 0 Å². The summed E-state index contributed by atoms with van der Waals surface area (Å²) in [7, 11) is 3.75. The zero-order chi connectivity index (χ0) is 12.1. The molecule has 1 rings (SSSR count). The highest BCUT2D eigenvalue weighted by Gasteiger charge is 2.12. The third-order valence-electron chi connectivity index (χ3n) is 2.01. The number of rotatable bonds is 1. The lowest BCUT2D eigenvalue weighted by Crippen LogP contribution is -2.34. The van der Waals surface area contributed by atoms with E-state index in [0.29, 0.717) is 6.04 Å². The third-order valence-corrected chi connectivity index (χ3v) is 2.01. The number of amides is 1. The van der Waals surface area contributed by atoms with Crippen LogP contribution >= 0.6 is 0 Å². The largest absolute Gasteiger partial charge is 0.354 e. The second-order valence-corrected chi connectivity index (χ2v) is 3.54. The van der Waals surface area contributed by atoms with Crippen LogP contribution in [0.5, 0.6) is 0 Å². The molecule has 0 unspecified atom stereocenters. The van der Waals surface area contributed by atoms with Crippen molar-refractivity contribution >= 4 is 5.91 Å². The highest BCUT2D eigenvalue weighted by molar-refractivity contribution is 5.73. The molecule has 92 valence electrons. The quantitative estimate of drug-likeness (QED) is 0.706. The van der Waals surface area contributed by atoms with Crippen LogP contribution in [0.1, 0.15) is 52.9 Å². The van der Waals surface area contributed by atoms with Crippen molar-refractivity contribution in [3.05, 3.63) is 0 Å². The molecule has 2 N–H and O–H groups in total. The maximum atomic E-state index is 10.6. The fraction of sp³-hybridized carbons (Fsp3) is 0.917. The van der Waals surface area contributed by atoms with Crippen molar-refractivity contribution in [3.63, 3.8) is 0 Å². The predicted molar refractivity (Wildman–Crippen MR) is 67.0 cm³/mol. The van der Waals surface area contributed by atoms with Gasteiger partial charge in [-0.3, -0.25) is 4.79 Å². The van der Waals surface area contributed by atoms with Crippen molar-refractivity contribution in [2.24, 2.45) is 0 Å². The monoisotopic (exact) mass is 216 g/mol. The maximum absolute atomic E-state index is 10.6. The standard InChI is InChI=1S/C8H15NO.C2H7N.C2H6/c1-7(10)9-8-5-3-2-4-6-8;1-3-2;1-2/h8H,2-6H2,1H3,(H,9,10);3H,1-2H3;1-2H3. The smallest absolute Gasteiger partial charge is 0.217 e. The van der Waals surface area contributed by atoms with Crippen molar-refractivity contribution in [3.8, 4) is 0 Å². The van der Waals surface area contributed by atoms with Crippen molar-refractivity contribution in [2.75, 3.05) is 14.1 Å². The summed E-state index contributed by atoms with van der Waals surface area (Å²) in [5.41, 5.74) is 0. The summed E-state index contributed by atoms with van der Waals surface area (Å²) in [4.78, 5) is 10.6. The summed E-state index contributed by atoms with van der Waals surface area (Å²) in [6, 6.07) is 0.478. The van der Waals surface area contributed by atoms with E-state index in [1.54, 1.807) is 6.92 Å². The lowest BCUT2D eigenvalue weighted by Gasteiger charge is -2.21. The van der Waals surface area contributed by atoms with Crippen LogP contribution in [-0.4, -0.2) is 26.0 Å². The number of nitrogens with one attached hydrogen (secondary N) is 2. The average molecular weight is 216 g/mol. The lowest BCUT2D eigenvalue weighted by atomic mass is 9.95. The Kier molecular flexibility index (Phi) is 15.1. The molecule has 1 amide bonds. The summed E-state index contributed by atoms with van der Waals surface area (Å²) in [6.45, 7) is 5.59.